The smallest absolute Gasteiger partial charge is 0.271 e. The second-order valence-corrected chi connectivity index (χ2v) is 6.66. The molecule has 2 N–H and O–H groups in total. The zero-order chi connectivity index (χ0) is 13.9. The Kier molecular flexibility index (Phi) is 3.87. The molecule has 5 nitrogen and oxygen atoms in total. The number of nitrogens with one attached hydrogen (secondary N) is 2. The number of amides is 1. The van der Waals surface area contributed by atoms with Crippen molar-refractivity contribution in [1.82, 2.24) is 0 Å². The summed E-state index contributed by atoms with van der Waals surface area (Å²) in [4.78, 5) is 10.9. The van der Waals surface area contributed by atoms with Crippen LogP contribution in [-0.2, 0) is 14.8 Å². The number of benzene rings is 1. The van der Waals surface area contributed by atoms with Crippen LogP contribution in [0.2, 0.25) is 0 Å². The summed E-state index contributed by atoms with van der Waals surface area (Å²) in [6.45, 7) is 1.39. The number of hydrogen-bond donors (Lipinski definition) is 2. The van der Waals surface area contributed by atoms with Crippen LogP contribution in [-0.4, -0.2) is 14.3 Å². The van der Waals surface area contributed by atoms with Gasteiger partial charge in [-0.15, -0.1) is 11.3 Å². The van der Waals surface area contributed by atoms with Crippen LogP contribution in [0.25, 0.3) is 0 Å². The Morgan fingerprint density at radius 2 is 1.89 bits per heavy atom. The van der Waals surface area contributed by atoms with Gasteiger partial charge in [0.2, 0.25) is 5.91 Å². The molecule has 0 aliphatic rings. The van der Waals surface area contributed by atoms with Crippen molar-refractivity contribution in [2.45, 2.75) is 11.1 Å². The van der Waals surface area contributed by atoms with Gasteiger partial charge in [0.25, 0.3) is 10.0 Å². The number of carbonyl (C=O) groups is 1. The van der Waals surface area contributed by atoms with Crippen molar-refractivity contribution in [3.05, 3.63) is 41.8 Å². The van der Waals surface area contributed by atoms with Crippen LogP contribution in [0.4, 0.5) is 11.4 Å². The predicted molar refractivity (Wildman–Crippen MR) is 75.9 cm³/mol. The lowest BCUT2D eigenvalue weighted by molar-refractivity contribution is -0.114. The van der Waals surface area contributed by atoms with Crippen molar-refractivity contribution < 1.29 is 13.2 Å². The first kappa shape index (κ1) is 13.6. The van der Waals surface area contributed by atoms with E-state index in [0.29, 0.717) is 11.4 Å². The molecule has 0 unspecified atom stereocenters. The van der Waals surface area contributed by atoms with E-state index >= 15 is 0 Å². The Morgan fingerprint density at radius 1 is 1.16 bits per heavy atom. The van der Waals surface area contributed by atoms with Gasteiger partial charge < -0.3 is 5.32 Å². The van der Waals surface area contributed by atoms with Crippen LogP contribution in [0, 0.1) is 0 Å². The highest BCUT2D eigenvalue weighted by atomic mass is 32.2. The molecule has 2 aromatic rings. The summed E-state index contributed by atoms with van der Waals surface area (Å²) >= 11 is 1.14. The molecule has 1 aromatic carbocycles. The molecule has 1 heterocycles. The monoisotopic (exact) mass is 296 g/mol. The van der Waals surface area contributed by atoms with Crippen LogP contribution < -0.4 is 10.0 Å². The van der Waals surface area contributed by atoms with E-state index in [-0.39, 0.29) is 10.1 Å². The van der Waals surface area contributed by atoms with Crippen molar-refractivity contribution >= 4 is 38.6 Å². The maximum atomic E-state index is 12.0. The van der Waals surface area contributed by atoms with E-state index < -0.39 is 10.0 Å². The summed E-state index contributed by atoms with van der Waals surface area (Å²) in [6.07, 6.45) is 0. The van der Waals surface area contributed by atoms with Gasteiger partial charge in [-0.2, -0.15) is 0 Å². The van der Waals surface area contributed by atoms with Gasteiger partial charge in [-0.3, -0.25) is 9.52 Å². The average molecular weight is 296 g/mol. The zero-order valence-electron chi connectivity index (χ0n) is 10.1. The largest absolute Gasteiger partial charge is 0.326 e. The molecule has 0 aliphatic heterocycles. The first-order chi connectivity index (χ1) is 8.97. The van der Waals surface area contributed by atoms with Crippen molar-refractivity contribution in [2.24, 2.45) is 0 Å². The van der Waals surface area contributed by atoms with Crippen LogP contribution in [0.15, 0.2) is 46.0 Å². The van der Waals surface area contributed by atoms with Crippen LogP contribution in [0.1, 0.15) is 6.92 Å². The number of rotatable bonds is 4. The van der Waals surface area contributed by atoms with Gasteiger partial charge >= 0.3 is 0 Å². The number of sulfonamides is 1. The van der Waals surface area contributed by atoms with Gasteiger partial charge in [0.15, 0.2) is 0 Å². The minimum atomic E-state index is -3.56. The maximum absolute atomic E-state index is 12.0. The first-order valence-corrected chi connectivity index (χ1v) is 7.78. The average Bonchev–Trinajstić information content (AvgIpc) is 2.81. The van der Waals surface area contributed by atoms with Gasteiger partial charge in [-0.25, -0.2) is 8.42 Å². The topological polar surface area (TPSA) is 75.3 Å². The molecule has 0 saturated heterocycles. The molecule has 0 atom stereocenters. The third-order valence-electron chi connectivity index (χ3n) is 2.20. The van der Waals surface area contributed by atoms with Gasteiger partial charge in [0, 0.05) is 12.6 Å². The van der Waals surface area contributed by atoms with Gasteiger partial charge in [-0.05, 0) is 29.6 Å². The first-order valence-electron chi connectivity index (χ1n) is 5.41. The van der Waals surface area contributed by atoms with Crippen molar-refractivity contribution in [3.63, 3.8) is 0 Å². The number of hydrogen-bond acceptors (Lipinski definition) is 4. The molecule has 0 spiro atoms. The lowest BCUT2D eigenvalue weighted by Crippen LogP contribution is -2.12. The fraction of sp³-hybridized carbons (Fsp3) is 0.0833. The quantitative estimate of drug-likeness (QED) is 0.910. The molecular formula is C12H12N2O3S2. The highest BCUT2D eigenvalue weighted by Gasteiger charge is 2.15. The third-order valence-corrected chi connectivity index (χ3v) is 4.97. The van der Waals surface area contributed by atoms with E-state index in [1.54, 1.807) is 35.7 Å². The second-order valence-electron chi connectivity index (χ2n) is 3.80. The molecule has 0 saturated carbocycles. The molecule has 1 amide bonds. The van der Waals surface area contributed by atoms with Gasteiger partial charge in [0.1, 0.15) is 4.21 Å². The van der Waals surface area contributed by atoms with E-state index in [0.717, 1.165) is 11.3 Å². The minimum Gasteiger partial charge on any atom is -0.326 e. The fourth-order valence-electron chi connectivity index (χ4n) is 1.49. The summed E-state index contributed by atoms with van der Waals surface area (Å²) in [5.74, 6) is -0.210. The third kappa shape index (κ3) is 3.55. The van der Waals surface area contributed by atoms with E-state index in [1.807, 2.05) is 0 Å². The lowest BCUT2D eigenvalue weighted by Gasteiger charge is -2.08. The van der Waals surface area contributed by atoms with Crippen molar-refractivity contribution in [2.75, 3.05) is 10.0 Å². The molecular weight excluding hydrogens is 284 g/mol. The van der Waals surface area contributed by atoms with E-state index in [9.17, 15) is 13.2 Å². The maximum Gasteiger partial charge on any atom is 0.271 e. The highest BCUT2D eigenvalue weighted by molar-refractivity contribution is 7.94. The summed E-state index contributed by atoms with van der Waals surface area (Å²) in [7, 11) is -3.56. The van der Waals surface area contributed by atoms with E-state index in [2.05, 4.69) is 10.0 Å². The molecule has 0 radical (unpaired) electrons. The fourth-order valence-corrected chi connectivity index (χ4v) is 3.53. The lowest BCUT2D eigenvalue weighted by atomic mass is 10.3. The SMILES string of the molecule is CC(=O)Nc1cccc(NS(=O)(=O)c2cccs2)c1. The molecule has 0 bridgehead atoms. The molecule has 1 aromatic heterocycles. The Morgan fingerprint density at radius 3 is 2.53 bits per heavy atom. The molecule has 2 rings (SSSR count). The predicted octanol–water partition coefficient (Wildman–Crippen LogP) is 2.51. The molecule has 7 heteroatoms. The Balaban J connectivity index is 2.22. The highest BCUT2D eigenvalue weighted by Crippen LogP contribution is 2.22. The second kappa shape index (κ2) is 5.41. The summed E-state index contributed by atoms with van der Waals surface area (Å²) < 4.78 is 26.7. The summed E-state index contributed by atoms with van der Waals surface area (Å²) in [6, 6.07) is 9.74. The standard InChI is InChI=1S/C12H12N2O3S2/c1-9(15)13-10-4-2-5-11(8-10)14-19(16,17)12-6-3-7-18-12/h2-8,14H,1H3,(H,13,15). The molecule has 0 fully saturated rings. The number of carbonyl (C=O) groups excluding carboxylic acids is 1. The van der Waals surface area contributed by atoms with Gasteiger partial charge in [-0.1, -0.05) is 12.1 Å². The Labute approximate surface area is 115 Å². The van der Waals surface area contributed by atoms with Crippen molar-refractivity contribution in [3.8, 4) is 0 Å². The Hall–Kier alpha value is -1.86. The van der Waals surface area contributed by atoms with Crippen LogP contribution in [0.5, 0.6) is 0 Å². The van der Waals surface area contributed by atoms with Gasteiger partial charge in [0.05, 0.1) is 5.69 Å². The molecule has 0 aliphatic carbocycles. The van der Waals surface area contributed by atoms with Crippen LogP contribution in [0.3, 0.4) is 0 Å². The van der Waals surface area contributed by atoms with Crippen LogP contribution >= 0.6 is 11.3 Å². The summed E-state index contributed by atoms with van der Waals surface area (Å²) in [5.41, 5.74) is 0.943. The van der Waals surface area contributed by atoms with Crippen molar-refractivity contribution in [1.29, 1.82) is 0 Å². The minimum absolute atomic E-state index is 0.210. The Bertz CT molecular complexity index is 679. The molecule has 100 valence electrons. The number of anilines is 2. The molecule has 19 heavy (non-hydrogen) atoms. The van der Waals surface area contributed by atoms with E-state index in [1.165, 1.54) is 13.0 Å². The van der Waals surface area contributed by atoms with E-state index in [4.69, 9.17) is 0 Å². The summed E-state index contributed by atoms with van der Waals surface area (Å²) in [5, 5.41) is 4.29. The normalized spacial score (nSPS) is 11.0. The number of thiophene rings is 1. The zero-order valence-corrected chi connectivity index (χ0v) is 11.7.